The van der Waals surface area contributed by atoms with Gasteiger partial charge < -0.3 is 4.74 Å². The molecule has 2 aliphatic rings. The van der Waals surface area contributed by atoms with Gasteiger partial charge in [0.2, 0.25) is 0 Å². The van der Waals surface area contributed by atoms with E-state index in [-0.39, 0.29) is 0 Å². The van der Waals surface area contributed by atoms with Crippen molar-refractivity contribution < 1.29 is 4.74 Å². The zero-order valence-electron chi connectivity index (χ0n) is 12.1. The average Bonchev–Trinajstić information content (AvgIpc) is 2.99. The van der Waals surface area contributed by atoms with Crippen LogP contribution in [0.15, 0.2) is 54.1 Å². The van der Waals surface area contributed by atoms with Crippen LogP contribution < -0.4 is 15.2 Å². The summed E-state index contributed by atoms with van der Waals surface area (Å²) >= 11 is 0. The summed E-state index contributed by atoms with van der Waals surface area (Å²) in [7, 11) is 1.69. The van der Waals surface area contributed by atoms with Crippen LogP contribution in [0.4, 0.5) is 5.69 Å². The van der Waals surface area contributed by atoms with Gasteiger partial charge in [-0.05, 0) is 48.2 Å². The van der Waals surface area contributed by atoms with Crippen molar-refractivity contribution in [2.24, 2.45) is 0 Å². The van der Waals surface area contributed by atoms with E-state index in [2.05, 4.69) is 46.8 Å². The van der Waals surface area contributed by atoms with Crippen LogP contribution in [0.3, 0.4) is 0 Å². The average molecular weight is 278 g/mol. The Morgan fingerprint density at radius 1 is 1.00 bits per heavy atom. The Balaban J connectivity index is 1.62. The normalized spacial score (nSPS) is 16.3. The molecule has 21 heavy (non-hydrogen) atoms. The molecule has 3 heteroatoms. The monoisotopic (exact) mass is 278 g/mol. The summed E-state index contributed by atoms with van der Waals surface area (Å²) in [4.78, 5) is 0. The summed E-state index contributed by atoms with van der Waals surface area (Å²) in [5, 5.41) is 2.21. The quantitative estimate of drug-likeness (QED) is 0.911. The lowest BCUT2D eigenvalue weighted by Crippen LogP contribution is -2.31. The van der Waals surface area contributed by atoms with Crippen molar-refractivity contribution in [1.29, 1.82) is 0 Å². The van der Waals surface area contributed by atoms with E-state index in [1.54, 1.807) is 7.11 Å². The third-order valence-corrected chi connectivity index (χ3v) is 4.32. The number of anilines is 1. The smallest absolute Gasteiger partial charge is 0.119 e. The molecule has 0 amide bonds. The van der Waals surface area contributed by atoms with Gasteiger partial charge in [0.15, 0.2) is 0 Å². The number of hydrazine groups is 1. The SMILES string of the molecule is COc1ccc(N2CC3=C(N2)c2ccccc2CC3)cc1. The molecule has 1 heterocycles. The molecule has 0 aromatic heterocycles. The van der Waals surface area contributed by atoms with E-state index in [1.165, 1.54) is 28.1 Å². The van der Waals surface area contributed by atoms with Gasteiger partial charge in [-0.3, -0.25) is 10.4 Å². The van der Waals surface area contributed by atoms with Gasteiger partial charge in [0.1, 0.15) is 5.75 Å². The number of benzene rings is 2. The standard InChI is InChI=1S/C18H18N2O/c1-21-16-10-8-15(9-11-16)20-12-14-7-6-13-4-2-3-5-17(13)18(14)19-20/h2-5,8-11,19H,6-7,12H2,1H3. The third-order valence-electron chi connectivity index (χ3n) is 4.32. The highest BCUT2D eigenvalue weighted by Gasteiger charge is 2.27. The number of rotatable bonds is 2. The lowest BCUT2D eigenvalue weighted by molar-refractivity contribution is 0.415. The molecule has 0 saturated carbocycles. The van der Waals surface area contributed by atoms with Gasteiger partial charge in [-0.2, -0.15) is 0 Å². The van der Waals surface area contributed by atoms with E-state index >= 15 is 0 Å². The molecule has 0 spiro atoms. The lowest BCUT2D eigenvalue weighted by Gasteiger charge is -2.21. The van der Waals surface area contributed by atoms with Gasteiger partial charge in [-0.25, -0.2) is 0 Å². The second-order valence-corrected chi connectivity index (χ2v) is 5.53. The van der Waals surface area contributed by atoms with Crippen molar-refractivity contribution in [2.75, 3.05) is 18.7 Å². The van der Waals surface area contributed by atoms with Crippen LogP contribution in [-0.4, -0.2) is 13.7 Å². The topological polar surface area (TPSA) is 24.5 Å². The fourth-order valence-electron chi connectivity index (χ4n) is 3.16. The van der Waals surface area contributed by atoms with Crippen LogP contribution in [0.1, 0.15) is 17.5 Å². The highest BCUT2D eigenvalue weighted by Crippen LogP contribution is 2.35. The molecule has 0 atom stereocenters. The molecule has 2 aromatic rings. The first kappa shape index (κ1) is 12.3. The van der Waals surface area contributed by atoms with Crippen molar-refractivity contribution in [3.63, 3.8) is 0 Å². The Morgan fingerprint density at radius 2 is 1.81 bits per heavy atom. The van der Waals surface area contributed by atoms with Gasteiger partial charge in [0, 0.05) is 5.56 Å². The summed E-state index contributed by atoms with van der Waals surface area (Å²) in [5.74, 6) is 0.890. The predicted molar refractivity (Wildman–Crippen MR) is 85.2 cm³/mol. The van der Waals surface area contributed by atoms with Crippen LogP contribution in [0.2, 0.25) is 0 Å². The number of hydrogen-bond acceptors (Lipinski definition) is 3. The van der Waals surface area contributed by atoms with Crippen LogP contribution >= 0.6 is 0 Å². The maximum Gasteiger partial charge on any atom is 0.119 e. The summed E-state index contributed by atoms with van der Waals surface area (Å²) in [6.45, 7) is 0.954. The predicted octanol–water partition coefficient (Wildman–Crippen LogP) is 3.38. The van der Waals surface area contributed by atoms with Gasteiger partial charge in [-0.1, -0.05) is 24.3 Å². The van der Waals surface area contributed by atoms with Crippen molar-refractivity contribution in [2.45, 2.75) is 12.8 Å². The lowest BCUT2D eigenvalue weighted by atomic mass is 9.90. The number of methoxy groups -OCH3 is 1. The number of nitrogens with zero attached hydrogens (tertiary/aromatic N) is 1. The van der Waals surface area contributed by atoms with Gasteiger partial charge in [0.25, 0.3) is 0 Å². The minimum atomic E-state index is 0.890. The molecule has 1 N–H and O–H groups in total. The molecular weight excluding hydrogens is 260 g/mol. The Morgan fingerprint density at radius 3 is 2.62 bits per heavy atom. The molecule has 1 aliphatic carbocycles. The molecule has 0 fully saturated rings. The van der Waals surface area contributed by atoms with Crippen molar-refractivity contribution >= 4 is 11.4 Å². The summed E-state index contributed by atoms with van der Waals surface area (Å²) < 4.78 is 5.22. The Hall–Kier alpha value is -2.42. The maximum atomic E-state index is 5.22. The Labute approximate surface area is 124 Å². The molecule has 0 radical (unpaired) electrons. The Bertz CT molecular complexity index is 703. The molecule has 0 bridgehead atoms. The van der Waals surface area contributed by atoms with E-state index in [4.69, 9.17) is 4.74 Å². The molecule has 106 valence electrons. The van der Waals surface area contributed by atoms with Crippen LogP contribution in [0.5, 0.6) is 5.75 Å². The molecule has 3 nitrogen and oxygen atoms in total. The summed E-state index contributed by atoms with van der Waals surface area (Å²) in [6.07, 6.45) is 2.29. The molecule has 0 saturated heterocycles. The highest BCUT2D eigenvalue weighted by molar-refractivity contribution is 5.77. The van der Waals surface area contributed by atoms with E-state index in [9.17, 15) is 0 Å². The number of hydrogen-bond donors (Lipinski definition) is 1. The fraction of sp³-hybridized carbons (Fsp3) is 0.222. The van der Waals surface area contributed by atoms with E-state index in [0.29, 0.717) is 0 Å². The van der Waals surface area contributed by atoms with Crippen LogP contribution in [-0.2, 0) is 6.42 Å². The fourth-order valence-corrected chi connectivity index (χ4v) is 3.16. The summed E-state index contributed by atoms with van der Waals surface area (Å²) in [6, 6.07) is 16.9. The molecular formula is C18H18N2O. The van der Waals surface area contributed by atoms with Gasteiger partial charge >= 0.3 is 0 Å². The minimum absolute atomic E-state index is 0.890. The van der Waals surface area contributed by atoms with Gasteiger partial charge in [0.05, 0.1) is 25.0 Å². The highest BCUT2D eigenvalue weighted by atomic mass is 16.5. The van der Waals surface area contributed by atoms with Crippen molar-refractivity contribution in [3.05, 3.63) is 65.2 Å². The van der Waals surface area contributed by atoms with Crippen molar-refractivity contribution in [1.82, 2.24) is 5.43 Å². The van der Waals surface area contributed by atoms with E-state index in [1.807, 2.05) is 12.1 Å². The zero-order chi connectivity index (χ0) is 14.2. The molecule has 0 unspecified atom stereocenters. The first-order chi connectivity index (χ1) is 10.3. The Kier molecular flexibility index (Phi) is 2.85. The van der Waals surface area contributed by atoms with Crippen molar-refractivity contribution in [3.8, 4) is 5.75 Å². The first-order valence-electron chi connectivity index (χ1n) is 7.34. The molecule has 1 aliphatic heterocycles. The second kappa shape index (κ2) is 4.85. The molecule has 4 rings (SSSR count). The zero-order valence-corrected chi connectivity index (χ0v) is 12.1. The number of nitrogens with one attached hydrogen (secondary N) is 1. The number of aryl methyl sites for hydroxylation is 1. The third kappa shape index (κ3) is 2.05. The summed E-state index contributed by atoms with van der Waals surface area (Å²) in [5.41, 5.74) is 10.3. The van der Waals surface area contributed by atoms with Gasteiger partial charge in [-0.15, -0.1) is 0 Å². The number of ether oxygens (including phenoxy) is 1. The number of fused-ring (bicyclic) bond motifs is 2. The van der Waals surface area contributed by atoms with E-state index < -0.39 is 0 Å². The van der Waals surface area contributed by atoms with Crippen LogP contribution in [0.25, 0.3) is 5.70 Å². The minimum Gasteiger partial charge on any atom is -0.497 e. The largest absolute Gasteiger partial charge is 0.497 e. The van der Waals surface area contributed by atoms with E-state index in [0.717, 1.165) is 25.1 Å². The first-order valence-corrected chi connectivity index (χ1v) is 7.34. The second-order valence-electron chi connectivity index (χ2n) is 5.53. The molecule has 2 aromatic carbocycles. The maximum absolute atomic E-state index is 5.22. The van der Waals surface area contributed by atoms with Crippen LogP contribution in [0, 0.1) is 0 Å².